The number of nitrogens with zero attached hydrogens (tertiary/aromatic N) is 4. The highest BCUT2D eigenvalue weighted by molar-refractivity contribution is 5.80. The van der Waals surface area contributed by atoms with Gasteiger partial charge in [-0.15, -0.1) is 0 Å². The van der Waals surface area contributed by atoms with Crippen molar-refractivity contribution in [3.63, 3.8) is 0 Å². The SMILES string of the molecule is CN=C(NCC1CCN(C(C)=O)CC1)N1CCN(CC2CCOC2)CC1. The van der Waals surface area contributed by atoms with E-state index in [9.17, 15) is 4.79 Å². The van der Waals surface area contributed by atoms with Gasteiger partial charge in [-0.3, -0.25) is 14.7 Å². The number of carbonyl (C=O) groups is 1. The Hall–Kier alpha value is -1.34. The summed E-state index contributed by atoms with van der Waals surface area (Å²) < 4.78 is 5.50. The summed E-state index contributed by atoms with van der Waals surface area (Å²) in [4.78, 5) is 22.8. The third-order valence-electron chi connectivity index (χ3n) is 6.03. The van der Waals surface area contributed by atoms with Gasteiger partial charge >= 0.3 is 0 Å². The van der Waals surface area contributed by atoms with Crippen LogP contribution in [0.5, 0.6) is 0 Å². The molecule has 1 unspecified atom stereocenters. The van der Waals surface area contributed by atoms with Gasteiger partial charge in [0.2, 0.25) is 5.91 Å². The van der Waals surface area contributed by atoms with Gasteiger partial charge in [-0.1, -0.05) is 0 Å². The van der Waals surface area contributed by atoms with E-state index >= 15 is 0 Å². The molecule has 0 aliphatic carbocycles. The van der Waals surface area contributed by atoms with E-state index < -0.39 is 0 Å². The minimum absolute atomic E-state index is 0.203. The Morgan fingerprint density at radius 1 is 1.04 bits per heavy atom. The summed E-state index contributed by atoms with van der Waals surface area (Å²) in [6.07, 6.45) is 3.38. The summed E-state index contributed by atoms with van der Waals surface area (Å²) in [6, 6.07) is 0. The molecule has 0 radical (unpaired) electrons. The summed E-state index contributed by atoms with van der Waals surface area (Å²) in [5.41, 5.74) is 0. The van der Waals surface area contributed by atoms with Crippen LogP contribution in [-0.4, -0.2) is 99.2 Å². The monoisotopic (exact) mass is 365 g/mol. The molecule has 1 atom stereocenters. The molecule has 3 rings (SSSR count). The van der Waals surface area contributed by atoms with Gasteiger partial charge < -0.3 is 19.9 Å². The summed E-state index contributed by atoms with van der Waals surface area (Å²) in [7, 11) is 1.88. The normalized spacial score (nSPS) is 26.4. The van der Waals surface area contributed by atoms with Crippen molar-refractivity contribution < 1.29 is 9.53 Å². The van der Waals surface area contributed by atoms with Gasteiger partial charge in [0.1, 0.15) is 0 Å². The lowest BCUT2D eigenvalue weighted by Gasteiger charge is -2.38. The first-order valence-corrected chi connectivity index (χ1v) is 10.2. The van der Waals surface area contributed by atoms with Crippen LogP contribution >= 0.6 is 0 Å². The van der Waals surface area contributed by atoms with Crippen LogP contribution in [0.25, 0.3) is 0 Å². The molecule has 0 aromatic rings. The maximum atomic E-state index is 11.4. The zero-order valence-corrected chi connectivity index (χ0v) is 16.5. The van der Waals surface area contributed by atoms with Crippen LogP contribution in [0.15, 0.2) is 4.99 Å². The Balaban J connectivity index is 1.36. The topological polar surface area (TPSA) is 60.4 Å². The lowest BCUT2D eigenvalue weighted by atomic mass is 9.97. The number of amides is 1. The van der Waals surface area contributed by atoms with E-state index in [0.29, 0.717) is 5.92 Å². The number of ether oxygens (including phenoxy) is 1. The van der Waals surface area contributed by atoms with Gasteiger partial charge in [0.05, 0.1) is 6.61 Å². The minimum atomic E-state index is 0.203. The number of likely N-dealkylation sites (tertiary alicyclic amines) is 1. The van der Waals surface area contributed by atoms with Crippen LogP contribution in [0.3, 0.4) is 0 Å². The quantitative estimate of drug-likeness (QED) is 0.580. The Morgan fingerprint density at radius 2 is 1.77 bits per heavy atom. The predicted molar refractivity (Wildman–Crippen MR) is 103 cm³/mol. The van der Waals surface area contributed by atoms with Gasteiger partial charge in [-0.05, 0) is 31.1 Å². The van der Waals surface area contributed by atoms with Gasteiger partial charge in [0.15, 0.2) is 5.96 Å². The fourth-order valence-corrected chi connectivity index (χ4v) is 4.25. The number of rotatable bonds is 4. The molecule has 7 heteroatoms. The van der Waals surface area contributed by atoms with E-state index in [-0.39, 0.29) is 5.91 Å². The molecule has 0 aromatic heterocycles. The Morgan fingerprint density at radius 3 is 2.35 bits per heavy atom. The summed E-state index contributed by atoms with van der Waals surface area (Å²) in [6.45, 7) is 11.7. The number of aliphatic imine (C=N–C) groups is 1. The fourth-order valence-electron chi connectivity index (χ4n) is 4.25. The number of carbonyl (C=O) groups excluding carboxylic acids is 1. The third kappa shape index (κ3) is 5.33. The van der Waals surface area contributed by atoms with Crippen molar-refractivity contribution in [2.75, 3.05) is 72.6 Å². The van der Waals surface area contributed by atoms with Crippen LogP contribution in [0.1, 0.15) is 26.2 Å². The van der Waals surface area contributed by atoms with Crippen LogP contribution in [0.4, 0.5) is 0 Å². The zero-order chi connectivity index (χ0) is 18.4. The second-order valence-corrected chi connectivity index (χ2v) is 7.89. The highest BCUT2D eigenvalue weighted by atomic mass is 16.5. The fraction of sp³-hybridized carbons (Fsp3) is 0.895. The van der Waals surface area contributed by atoms with E-state index in [1.807, 2.05) is 11.9 Å². The molecule has 1 N–H and O–H groups in total. The molecule has 3 fully saturated rings. The lowest BCUT2D eigenvalue weighted by Crippen LogP contribution is -2.54. The average molecular weight is 366 g/mol. The molecule has 3 saturated heterocycles. The van der Waals surface area contributed by atoms with Gasteiger partial charge in [0.25, 0.3) is 0 Å². The van der Waals surface area contributed by atoms with Crippen molar-refractivity contribution in [2.45, 2.75) is 26.2 Å². The standard InChI is InChI=1S/C19H35N5O2/c1-16(25)23-6-3-17(4-7-23)13-21-19(20-2)24-10-8-22(9-11-24)14-18-5-12-26-15-18/h17-18H,3-15H2,1-2H3,(H,20,21). The first kappa shape index (κ1) is 19.4. The molecule has 148 valence electrons. The number of piperidine rings is 1. The van der Waals surface area contributed by atoms with Crippen LogP contribution < -0.4 is 5.32 Å². The molecular weight excluding hydrogens is 330 g/mol. The predicted octanol–water partition coefficient (Wildman–Crippen LogP) is 0.474. The second kappa shape index (κ2) is 9.55. The molecular formula is C19H35N5O2. The maximum Gasteiger partial charge on any atom is 0.219 e. The molecule has 0 bridgehead atoms. The van der Waals surface area contributed by atoms with Crippen molar-refractivity contribution in [3.05, 3.63) is 0 Å². The largest absolute Gasteiger partial charge is 0.381 e. The molecule has 3 aliphatic rings. The molecule has 0 aromatic carbocycles. The summed E-state index contributed by atoms with van der Waals surface area (Å²) >= 11 is 0. The summed E-state index contributed by atoms with van der Waals surface area (Å²) in [5.74, 6) is 2.59. The van der Waals surface area contributed by atoms with Gasteiger partial charge in [-0.25, -0.2) is 0 Å². The Kier molecular flexibility index (Phi) is 7.14. The molecule has 7 nitrogen and oxygen atoms in total. The number of hydrogen-bond donors (Lipinski definition) is 1. The van der Waals surface area contributed by atoms with Crippen molar-refractivity contribution in [2.24, 2.45) is 16.8 Å². The molecule has 26 heavy (non-hydrogen) atoms. The first-order valence-electron chi connectivity index (χ1n) is 10.2. The number of nitrogens with one attached hydrogen (secondary N) is 1. The molecule has 3 heterocycles. The van der Waals surface area contributed by atoms with Crippen LogP contribution in [0.2, 0.25) is 0 Å². The number of guanidine groups is 1. The van der Waals surface area contributed by atoms with E-state index in [0.717, 1.165) is 83.7 Å². The number of hydrogen-bond acceptors (Lipinski definition) is 4. The average Bonchev–Trinajstić information content (AvgIpc) is 3.17. The molecule has 0 saturated carbocycles. The highest BCUT2D eigenvalue weighted by Crippen LogP contribution is 2.17. The lowest BCUT2D eigenvalue weighted by molar-refractivity contribution is -0.130. The minimum Gasteiger partial charge on any atom is -0.381 e. The Labute approximate surface area is 157 Å². The van der Waals surface area contributed by atoms with E-state index in [2.05, 4.69) is 20.1 Å². The van der Waals surface area contributed by atoms with E-state index in [1.54, 1.807) is 6.92 Å². The van der Waals surface area contributed by atoms with Crippen molar-refractivity contribution in [1.82, 2.24) is 20.0 Å². The molecule has 0 spiro atoms. The van der Waals surface area contributed by atoms with Crippen LogP contribution in [-0.2, 0) is 9.53 Å². The maximum absolute atomic E-state index is 11.4. The van der Waals surface area contributed by atoms with Crippen molar-refractivity contribution in [3.8, 4) is 0 Å². The first-order chi connectivity index (χ1) is 12.7. The van der Waals surface area contributed by atoms with Crippen molar-refractivity contribution >= 4 is 11.9 Å². The van der Waals surface area contributed by atoms with E-state index in [1.165, 1.54) is 13.0 Å². The van der Waals surface area contributed by atoms with E-state index in [4.69, 9.17) is 4.74 Å². The zero-order valence-electron chi connectivity index (χ0n) is 16.5. The van der Waals surface area contributed by atoms with Gasteiger partial charge in [-0.2, -0.15) is 0 Å². The smallest absolute Gasteiger partial charge is 0.219 e. The number of piperazine rings is 1. The third-order valence-corrected chi connectivity index (χ3v) is 6.03. The highest BCUT2D eigenvalue weighted by Gasteiger charge is 2.25. The van der Waals surface area contributed by atoms with Gasteiger partial charge in [0, 0.05) is 72.9 Å². The molecule has 3 aliphatic heterocycles. The molecule has 1 amide bonds. The summed E-state index contributed by atoms with van der Waals surface area (Å²) in [5, 5.41) is 3.57. The second-order valence-electron chi connectivity index (χ2n) is 7.89. The van der Waals surface area contributed by atoms with Crippen molar-refractivity contribution in [1.29, 1.82) is 0 Å². The Bertz CT molecular complexity index is 476. The van der Waals surface area contributed by atoms with Crippen LogP contribution in [0, 0.1) is 11.8 Å².